The Kier molecular flexibility index (Phi) is 5.68. The van der Waals surface area contributed by atoms with Crippen molar-refractivity contribution in [2.75, 3.05) is 6.61 Å². The van der Waals surface area contributed by atoms with Gasteiger partial charge in [0.15, 0.2) is 0 Å². The zero-order valence-corrected chi connectivity index (χ0v) is 22.5. The molecule has 0 heterocycles. The second-order valence-electron chi connectivity index (χ2n) is 13.9. The second-order valence-corrected chi connectivity index (χ2v) is 13.9. The molecule has 0 aliphatic heterocycles. The van der Waals surface area contributed by atoms with Crippen LogP contribution in [0.1, 0.15) is 86.5 Å². The maximum atomic E-state index is 12.3. The highest BCUT2D eigenvalue weighted by Crippen LogP contribution is 2.75. The third-order valence-electron chi connectivity index (χ3n) is 12.9. The van der Waals surface area contributed by atoms with Gasteiger partial charge < -0.3 is 25.2 Å². The van der Waals surface area contributed by atoms with Crippen molar-refractivity contribution in [3.63, 3.8) is 0 Å². The van der Waals surface area contributed by atoms with Gasteiger partial charge in [0.2, 0.25) is 0 Å². The molecule has 0 radical (unpaired) electrons. The van der Waals surface area contributed by atoms with Gasteiger partial charge in [0.1, 0.15) is 6.29 Å². The van der Waals surface area contributed by atoms with Gasteiger partial charge in [0.25, 0.3) is 0 Å². The third kappa shape index (κ3) is 2.82. The average molecular weight is 487 g/mol. The van der Waals surface area contributed by atoms with E-state index in [1.54, 1.807) is 0 Å². The molecule has 11 unspecified atom stereocenters. The minimum atomic E-state index is -1.02. The number of rotatable bonds is 2. The minimum Gasteiger partial charge on any atom is -0.395 e. The molecule has 5 nitrogen and oxygen atoms in total. The van der Waals surface area contributed by atoms with Crippen molar-refractivity contribution in [3.05, 3.63) is 22.8 Å². The van der Waals surface area contributed by atoms with Crippen LogP contribution in [0.15, 0.2) is 22.8 Å². The molecular formula is C30H46O5. The molecule has 0 saturated heterocycles. The van der Waals surface area contributed by atoms with Gasteiger partial charge in [0.05, 0.1) is 35.7 Å². The Balaban J connectivity index is 1.68. The standard InChI is InChI=1S/C30H46O5/c1-17-13-23(34)30(16-32)24(35)14-29(6)19(25(30)18(17)2)7-8-21-26(3)11-10-22(33)27(4,15-31)20(26)9-12-28(21,29)5/h7,15,17,20-24,32-35H,8-14,16H2,1-6H3. The van der Waals surface area contributed by atoms with E-state index in [0.717, 1.165) is 37.5 Å². The fraction of sp³-hybridized carbons (Fsp3) is 0.833. The van der Waals surface area contributed by atoms with E-state index in [4.69, 9.17) is 0 Å². The number of hydrogen-bond acceptors (Lipinski definition) is 5. The summed E-state index contributed by atoms with van der Waals surface area (Å²) in [6.07, 6.45) is 6.54. The first-order valence-electron chi connectivity index (χ1n) is 13.8. The summed E-state index contributed by atoms with van der Waals surface area (Å²) in [5.74, 6) is 0.660. The second kappa shape index (κ2) is 7.75. The van der Waals surface area contributed by atoms with E-state index in [9.17, 15) is 25.2 Å². The predicted octanol–water partition coefficient (Wildman–Crippen LogP) is 4.18. The largest absolute Gasteiger partial charge is 0.395 e. The molecule has 3 fully saturated rings. The van der Waals surface area contributed by atoms with E-state index in [-0.39, 0.29) is 34.7 Å². The van der Waals surface area contributed by atoms with Gasteiger partial charge in [-0.05, 0) is 91.6 Å². The minimum absolute atomic E-state index is 0.0772. The molecule has 5 aliphatic carbocycles. The van der Waals surface area contributed by atoms with Crippen LogP contribution in [-0.4, -0.2) is 51.6 Å². The molecular weight excluding hydrogens is 440 g/mol. The molecule has 196 valence electrons. The first-order chi connectivity index (χ1) is 16.3. The molecule has 0 aromatic carbocycles. The number of allylic oxidation sites excluding steroid dienone is 3. The Hall–Kier alpha value is -1.01. The molecule has 11 atom stereocenters. The van der Waals surface area contributed by atoms with Crippen molar-refractivity contribution in [3.8, 4) is 0 Å². The first kappa shape index (κ1) is 25.6. The van der Waals surface area contributed by atoms with Gasteiger partial charge in [-0.3, -0.25) is 0 Å². The lowest BCUT2D eigenvalue weighted by Gasteiger charge is -2.70. The summed E-state index contributed by atoms with van der Waals surface area (Å²) in [4.78, 5) is 12.3. The number of aliphatic hydroxyl groups is 4. The molecule has 0 amide bonds. The smallest absolute Gasteiger partial charge is 0.128 e. The van der Waals surface area contributed by atoms with Crippen LogP contribution in [0.3, 0.4) is 0 Å². The van der Waals surface area contributed by atoms with Crippen LogP contribution in [-0.2, 0) is 4.79 Å². The van der Waals surface area contributed by atoms with Crippen molar-refractivity contribution in [2.45, 2.75) is 105 Å². The Bertz CT molecular complexity index is 985. The molecule has 5 aliphatic rings. The van der Waals surface area contributed by atoms with Crippen LogP contribution < -0.4 is 0 Å². The summed E-state index contributed by atoms with van der Waals surface area (Å²) in [7, 11) is 0. The summed E-state index contributed by atoms with van der Waals surface area (Å²) in [6.45, 7) is 13.0. The summed E-state index contributed by atoms with van der Waals surface area (Å²) in [5.41, 5.74) is 1.21. The van der Waals surface area contributed by atoms with E-state index in [1.165, 1.54) is 11.1 Å². The summed E-state index contributed by atoms with van der Waals surface area (Å²) < 4.78 is 0. The van der Waals surface area contributed by atoms with Gasteiger partial charge in [-0.1, -0.05) is 46.3 Å². The lowest BCUT2D eigenvalue weighted by molar-refractivity contribution is -0.206. The molecule has 3 saturated carbocycles. The van der Waals surface area contributed by atoms with Crippen LogP contribution in [0.4, 0.5) is 0 Å². The molecule has 4 N–H and O–H groups in total. The molecule has 5 rings (SSSR count). The van der Waals surface area contributed by atoms with Crippen LogP contribution in [0, 0.1) is 44.8 Å². The van der Waals surface area contributed by atoms with E-state index in [1.807, 2.05) is 6.92 Å². The SMILES string of the molecule is CC1=C2C3=CCC4C5(C)CCC(O)C(C)(C=O)C5CCC4(C)C3(C)CC(O)C2(CO)C(O)CC1C. The van der Waals surface area contributed by atoms with Crippen LogP contribution in [0.25, 0.3) is 0 Å². The van der Waals surface area contributed by atoms with Gasteiger partial charge >= 0.3 is 0 Å². The van der Waals surface area contributed by atoms with Gasteiger partial charge in [-0.15, -0.1) is 0 Å². The van der Waals surface area contributed by atoms with Crippen molar-refractivity contribution < 1.29 is 25.2 Å². The number of carbonyl (C=O) groups is 1. The fourth-order valence-corrected chi connectivity index (χ4v) is 10.3. The van der Waals surface area contributed by atoms with Crippen molar-refractivity contribution in [1.29, 1.82) is 0 Å². The van der Waals surface area contributed by atoms with E-state index in [2.05, 4.69) is 40.7 Å². The summed E-state index contributed by atoms with van der Waals surface area (Å²) in [5, 5.41) is 44.5. The van der Waals surface area contributed by atoms with Crippen molar-refractivity contribution in [2.24, 2.45) is 44.8 Å². The molecule has 0 aromatic rings. The highest BCUT2D eigenvalue weighted by Gasteiger charge is 2.70. The van der Waals surface area contributed by atoms with Gasteiger partial charge in [-0.25, -0.2) is 0 Å². The number of carbonyl (C=O) groups excluding carboxylic acids is 1. The average Bonchev–Trinajstić information content (AvgIpc) is 2.80. The van der Waals surface area contributed by atoms with Gasteiger partial charge in [0, 0.05) is 5.41 Å². The van der Waals surface area contributed by atoms with Crippen molar-refractivity contribution >= 4 is 6.29 Å². The van der Waals surface area contributed by atoms with Crippen LogP contribution in [0.2, 0.25) is 0 Å². The number of fused-ring (bicyclic) bond motifs is 7. The Morgan fingerprint density at radius 3 is 2.31 bits per heavy atom. The molecule has 0 aromatic heterocycles. The van der Waals surface area contributed by atoms with Crippen molar-refractivity contribution in [1.82, 2.24) is 0 Å². The molecule has 5 heteroatoms. The fourth-order valence-electron chi connectivity index (χ4n) is 10.3. The summed E-state index contributed by atoms with van der Waals surface area (Å²) >= 11 is 0. The lowest BCUT2D eigenvalue weighted by atomic mass is 9.34. The van der Waals surface area contributed by atoms with Gasteiger partial charge in [-0.2, -0.15) is 0 Å². The lowest BCUT2D eigenvalue weighted by Crippen LogP contribution is -2.67. The Morgan fingerprint density at radius 2 is 1.69 bits per heavy atom. The molecule has 0 bridgehead atoms. The highest BCUT2D eigenvalue weighted by molar-refractivity contribution is 5.61. The molecule has 35 heavy (non-hydrogen) atoms. The number of hydrogen-bond donors (Lipinski definition) is 4. The number of aliphatic hydroxyl groups excluding tert-OH is 4. The first-order valence-corrected chi connectivity index (χ1v) is 13.8. The topological polar surface area (TPSA) is 98.0 Å². The zero-order valence-electron chi connectivity index (χ0n) is 22.5. The van der Waals surface area contributed by atoms with E-state index in [0.29, 0.717) is 25.2 Å². The maximum Gasteiger partial charge on any atom is 0.128 e. The summed E-state index contributed by atoms with van der Waals surface area (Å²) in [6, 6.07) is 0. The maximum absolute atomic E-state index is 12.3. The van der Waals surface area contributed by atoms with E-state index >= 15 is 0 Å². The number of aldehydes is 1. The Morgan fingerprint density at radius 1 is 1.00 bits per heavy atom. The highest BCUT2D eigenvalue weighted by atomic mass is 16.3. The zero-order chi connectivity index (χ0) is 25.8. The third-order valence-corrected chi connectivity index (χ3v) is 12.9. The quantitative estimate of drug-likeness (QED) is 0.439. The van der Waals surface area contributed by atoms with Crippen LogP contribution >= 0.6 is 0 Å². The molecule has 0 spiro atoms. The van der Waals surface area contributed by atoms with Crippen LogP contribution in [0.5, 0.6) is 0 Å². The normalized spacial score (nSPS) is 55.8. The predicted molar refractivity (Wildman–Crippen MR) is 135 cm³/mol. The monoisotopic (exact) mass is 486 g/mol. The Labute approximate surface area is 210 Å². The van der Waals surface area contributed by atoms with E-state index < -0.39 is 29.1 Å².